The summed E-state index contributed by atoms with van der Waals surface area (Å²) in [6.45, 7) is 17.0. The van der Waals surface area contributed by atoms with E-state index in [1.54, 1.807) is 7.11 Å². The van der Waals surface area contributed by atoms with Crippen LogP contribution >= 0.6 is 0 Å². The van der Waals surface area contributed by atoms with Crippen molar-refractivity contribution in [2.24, 2.45) is 5.41 Å². The number of hydrogen-bond acceptors (Lipinski definition) is 5. The number of epoxide rings is 1. The summed E-state index contributed by atoms with van der Waals surface area (Å²) < 4.78 is 23.7. The summed E-state index contributed by atoms with van der Waals surface area (Å²) in [5.74, 6) is 0.848. The van der Waals surface area contributed by atoms with E-state index in [0.717, 1.165) is 17.7 Å². The molecule has 0 unspecified atom stereocenters. The van der Waals surface area contributed by atoms with E-state index < -0.39 is 8.32 Å². The molecular formula is C23H40O5Si. The number of methoxy groups -OCH3 is 1. The molecule has 1 N–H and O–H groups in total. The van der Waals surface area contributed by atoms with Crippen LogP contribution in [0, 0.1) is 5.41 Å². The summed E-state index contributed by atoms with van der Waals surface area (Å²) >= 11 is 0. The molecule has 0 radical (unpaired) electrons. The average Bonchev–Trinajstić information content (AvgIpc) is 3.44. The van der Waals surface area contributed by atoms with Crippen LogP contribution in [0.3, 0.4) is 0 Å². The molecule has 5 nitrogen and oxygen atoms in total. The highest BCUT2D eigenvalue weighted by Crippen LogP contribution is 2.46. The molecule has 1 heterocycles. The number of rotatable bonds is 11. The van der Waals surface area contributed by atoms with Crippen molar-refractivity contribution in [1.29, 1.82) is 0 Å². The fraction of sp³-hybridized carbons (Fsp3) is 0.739. The summed E-state index contributed by atoms with van der Waals surface area (Å²) in [7, 11) is -0.283. The van der Waals surface area contributed by atoms with Gasteiger partial charge in [-0.2, -0.15) is 0 Å². The van der Waals surface area contributed by atoms with Crippen LogP contribution in [0.15, 0.2) is 24.3 Å². The summed E-state index contributed by atoms with van der Waals surface area (Å²) in [6, 6.07) is 7.95. The lowest BCUT2D eigenvalue weighted by Crippen LogP contribution is -2.50. The van der Waals surface area contributed by atoms with Crippen molar-refractivity contribution in [3.63, 3.8) is 0 Å². The fourth-order valence-corrected chi connectivity index (χ4v) is 4.82. The van der Waals surface area contributed by atoms with Gasteiger partial charge in [0.25, 0.3) is 0 Å². The molecule has 0 bridgehead atoms. The molecule has 29 heavy (non-hydrogen) atoms. The Balaban J connectivity index is 1.99. The SMILES string of the molecule is COc1ccc(COCC[C@H](O[Si](C)(C)C(C)(C)C)C(C)(C)[C@H]2O[C@@H]2CO)cc1. The monoisotopic (exact) mass is 424 g/mol. The Morgan fingerprint density at radius 1 is 1.10 bits per heavy atom. The second-order valence-corrected chi connectivity index (χ2v) is 14.9. The molecule has 1 aromatic carbocycles. The van der Waals surface area contributed by atoms with Gasteiger partial charge in [0.2, 0.25) is 0 Å². The third kappa shape index (κ3) is 6.28. The minimum atomic E-state index is -1.95. The van der Waals surface area contributed by atoms with E-state index in [2.05, 4.69) is 47.7 Å². The topological polar surface area (TPSA) is 60.5 Å². The molecule has 1 fully saturated rings. The number of aliphatic hydroxyl groups excluding tert-OH is 1. The maximum absolute atomic E-state index is 9.47. The number of ether oxygens (including phenoxy) is 3. The highest BCUT2D eigenvalue weighted by atomic mass is 28.4. The van der Waals surface area contributed by atoms with Crippen molar-refractivity contribution in [3.8, 4) is 5.75 Å². The Kier molecular flexibility index (Phi) is 7.96. The Bertz CT molecular complexity index is 636. The zero-order valence-electron chi connectivity index (χ0n) is 19.5. The van der Waals surface area contributed by atoms with Gasteiger partial charge in [0.1, 0.15) is 11.9 Å². The predicted molar refractivity (Wildman–Crippen MR) is 119 cm³/mol. The van der Waals surface area contributed by atoms with E-state index in [1.165, 1.54) is 0 Å². The third-order valence-electron chi connectivity index (χ3n) is 6.52. The van der Waals surface area contributed by atoms with Gasteiger partial charge in [0.15, 0.2) is 8.32 Å². The van der Waals surface area contributed by atoms with Crippen LogP contribution in [-0.4, -0.2) is 52.1 Å². The van der Waals surface area contributed by atoms with Crippen molar-refractivity contribution in [3.05, 3.63) is 29.8 Å². The molecule has 1 aliphatic rings. The van der Waals surface area contributed by atoms with Gasteiger partial charge in [-0.15, -0.1) is 0 Å². The normalized spacial score (nSPS) is 21.1. The Morgan fingerprint density at radius 3 is 2.21 bits per heavy atom. The number of benzene rings is 1. The van der Waals surface area contributed by atoms with Gasteiger partial charge in [0, 0.05) is 12.0 Å². The van der Waals surface area contributed by atoms with Crippen LogP contribution in [-0.2, 0) is 20.5 Å². The highest BCUT2D eigenvalue weighted by molar-refractivity contribution is 6.74. The lowest BCUT2D eigenvalue weighted by molar-refractivity contribution is 0.00494. The molecule has 0 amide bonds. The van der Waals surface area contributed by atoms with Gasteiger partial charge in [0.05, 0.1) is 32.5 Å². The molecule has 1 saturated heterocycles. The number of hydrogen-bond donors (Lipinski definition) is 1. The van der Waals surface area contributed by atoms with Gasteiger partial charge in [-0.05, 0) is 42.2 Å². The van der Waals surface area contributed by atoms with Crippen LogP contribution in [0.4, 0.5) is 0 Å². The zero-order chi connectivity index (χ0) is 21.9. The molecule has 1 aliphatic heterocycles. The first-order valence-corrected chi connectivity index (χ1v) is 13.5. The largest absolute Gasteiger partial charge is 0.497 e. The number of aliphatic hydroxyl groups is 1. The summed E-state index contributed by atoms with van der Waals surface area (Å²) in [4.78, 5) is 0. The summed E-state index contributed by atoms with van der Waals surface area (Å²) in [5.41, 5.74) is 0.935. The van der Waals surface area contributed by atoms with Gasteiger partial charge < -0.3 is 23.7 Å². The van der Waals surface area contributed by atoms with E-state index >= 15 is 0 Å². The highest BCUT2D eigenvalue weighted by Gasteiger charge is 2.54. The molecule has 1 aromatic rings. The zero-order valence-corrected chi connectivity index (χ0v) is 20.5. The van der Waals surface area contributed by atoms with Crippen molar-refractivity contribution < 1.29 is 23.7 Å². The molecule has 2 rings (SSSR count). The first-order chi connectivity index (χ1) is 13.4. The van der Waals surface area contributed by atoms with E-state index in [1.807, 2.05) is 24.3 Å². The van der Waals surface area contributed by atoms with E-state index in [9.17, 15) is 5.11 Å². The van der Waals surface area contributed by atoms with Gasteiger partial charge >= 0.3 is 0 Å². The predicted octanol–water partition coefficient (Wildman–Crippen LogP) is 4.78. The molecule has 6 heteroatoms. The molecular weight excluding hydrogens is 384 g/mol. The molecule has 0 aromatic heterocycles. The van der Waals surface area contributed by atoms with E-state index in [0.29, 0.717) is 13.2 Å². The molecule has 3 atom stereocenters. The fourth-order valence-electron chi connectivity index (χ4n) is 3.34. The Labute approximate surface area is 177 Å². The Hall–Kier alpha value is -0.923. The molecule has 0 aliphatic carbocycles. The third-order valence-corrected chi connectivity index (χ3v) is 11.0. The standard InChI is InChI=1S/C23H40O5Si/c1-22(2,3)29(7,8)28-20(23(4,5)21-19(15-24)27-21)13-14-26-16-17-9-11-18(25-6)12-10-17/h9-12,19-21,24H,13-16H2,1-8H3/t19-,20+,21+/m1/s1. The van der Waals surface area contributed by atoms with Crippen LogP contribution in [0.25, 0.3) is 0 Å². The summed E-state index contributed by atoms with van der Waals surface area (Å²) in [6.07, 6.45) is 0.772. The maximum atomic E-state index is 9.47. The second kappa shape index (κ2) is 9.48. The van der Waals surface area contributed by atoms with Crippen molar-refractivity contribution in [1.82, 2.24) is 0 Å². The van der Waals surface area contributed by atoms with Gasteiger partial charge in [-0.25, -0.2) is 0 Å². The molecule has 166 valence electrons. The van der Waals surface area contributed by atoms with Crippen molar-refractivity contribution >= 4 is 8.32 Å². The minimum absolute atomic E-state index is 0.0146. The first kappa shape index (κ1) is 24.3. The van der Waals surface area contributed by atoms with Crippen molar-refractivity contribution in [2.45, 2.75) is 84.1 Å². The van der Waals surface area contributed by atoms with Crippen LogP contribution in [0.5, 0.6) is 5.75 Å². The minimum Gasteiger partial charge on any atom is -0.497 e. The van der Waals surface area contributed by atoms with Gasteiger partial charge in [-0.3, -0.25) is 0 Å². The smallest absolute Gasteiger partial charge is 0.192 e. The van der Waals surface area contributed by atoms with Crippen LogP contribution in [0.1, 0.15) is 46.6 Å². The van der Waals surface area contributed by atoms with Crippen LogP contribution in [0.2, 0.25) is 18.1 Å². The van der Waals surface area contributed by atoms with Gasteiger partial charge in [-0.1, -0.05) is 46.8 Å². The lowest BCUT2D eigenvalue weighted by Gasteiger charge is -2.44. The molecule has 0 saturated carbocycles. The van der Waals surface area contributed by atoms with Crippen LogP contribution < -0.4 is 4.74 Å². The van der Waals surface area contributed by atoms with Crippen molar-refractivity contribution in [2.75, 3.05) is 20.3 Å². The Morgan fingerprint density at radius 2 is 1.72 bits per heavy atom. The first-order valence-electron chi connectivity index (χ1n) is 10.6. The maximum Gasteiger partial charge on any atom is 0.192 e. The average molecular weight is 425 g/mol. The van der Waals surface area contributed by atoms with E-state index in [-0.39, 0.29) is 35.4 Å². The van der Waals surface area contributed by atoms with E-state index in [4.69, 9.17) is 18.6 Å². The lowest BCUT2D eigenvalue weighted by atomic mass is 9.80. The second-order valence-electron chi connectivity index (χ2n) is 10.2. The quantitative estimate of drug-likeness (QED) is 0.315. The molecule has 0 spiro atoms. The summed E-state index contributed by atoms with van der Waals surface area (Å²) in [5, 5.41) is 9.60.